The van der Waals surface area contributed by atoms with Crippen molar-refractivity contribution < 1.29 is 19.0 Å². The maximum absolute atomic E-state index is 14.2. The van der Waals surface area contributed by atoms with Gasteiger partial charge in [-0.05, 0) is 38.1 Å². The number of halogens is 1. The summed E-state index contributed by atoms with van der Waals surface area (Å²) in [4.78, 5) is 20.8. The topological polar surface area (TPSA) is 77.2 Å². The Labute approximate surface area is 172 Å². The van der Waals surface area contributed by atoms with Gasteiger partial charge in [-0.3, -0.25) is 4.57 Å². The number of aliphatic hydroxyl groups is 1. The first-order valence-electron chi connectivity index (χ1n) is 9.39. The minimum atomic E-state index is -0.724. The lowest BCUT2D eigenvalue weighted by Crippen LogP contribution is -2.03. The highest BCUT2D eigenvalue weighted by Gasteiger charge is 2.17. The van der Waals surface area contributed by atoms with E-state index in [1.165, 1.54) is 13.2 Å². The van der Waals surface area contributed by atoms with Crippen molar-refractivity contribution in [1.82, 2.24) is 14.5 Å². The molecule has 1 N–H and O–H groups in total. The number of hydrogen-bond acceptors (Lipinski definition) is 5. The third-order valence-corrected chi connectivity index (χ3v) is 4.99. The molecule has 0 aliphatic carbocycles. The Bertz CT molecular complexity index is 1250. The highest BCUT2D eigenvalue weighted by Crippen LogP contribution is 2.30. The fraction of sp³-hybridized carbons (Fsp3) is 0.174. The smallest absolute Gasteiger partial charge is 0.337 e. The minimum Gasteiger partial charge on any atom is -0.465 e. The zero-order valence-corrected chi connectivity index (χ0v) is 16.8. The number of benzene rings is 2. The summed E-state index contributed by atoms with van der Waals surface area (Å²) < 4.78 is 20.7. The van der Waals surface area contributed by atoms with Crippen molar-refractivity contribution in [1.29, 1.82) is 0 Å². The molecule has 0 saturated carbocycles. The van der Waals surface area contributed by atoms with E-state index in [1.807, 2.05) is 6.92 Å². The lowest BCUT2D eigenvalue weighted by molar-refractivity contribution is 0.0601. The van der Waals surface area contributed by atoms with Gasteiger partial charge in [-0.1, -0.05) is 17.7 Å². The summed E-state index contributed by atoms with van der Waals surface area (Å²) in [6.45, 7) is 3.55. The van der Waals surface area contributed by atoms with E-state index in [0.717, 1.165) is 10.9 Å². The van der Waals surface area contributed by atoms with Crippen molar-refractivity contribution in [3.8, 4) is 17.1 Å². The number of rotatable bonds is 4. The van der Waals surface area contributed by atoms with E-state index in [2.05, 4.69) is 9.97 Å². The van der Waals surface area contributed by atoms with Crippen LogP contribution in [0.3, 0.4) is 0 Å². The van der Waals surface area contributed by atoms with Gasteiger partial charge in [-0.2, -0.15) is 0 Å². The van der Waals surface area contributed by atoms with Crippen LogP contribution in [0.4, 0.5) is 4.39 Å². The Kier molecular flexibility index (Phi) is 5.05. The summed E-state index contributed by atoms with van der Waals surface area (Å²) in [5, 5.41) is 10.9. The number of hydrogen-bond donors (Lipinski definition) is 1. The second-order valence-corrected chi connectivity index (χ2v) is 7.11. The molecule has 7 heteroatoms. The van der Waals surface area contributed by atoms with Gasteiger partial charge < -0.3 is 9.84 Å². The van der Waals surface area contributed by atoms with Crippen LogP contribution in [-0.4, -0.2) is 32.7 Å². The quantitative estimate of drug-likeness (QED) is 0.510. The van der Waals surface area contributed by atoms with Crippen molar-refractivity contribution >= 4 is 16.9 Å². The maximum atomic E-state index is 14.2. The van der Waals surface area contributed by atoms with Crippen LogP contribution in [0.1, 0.15) is 34.5 Å². The first-order valence-corrected chi connectivity index (χ1v) is 9.39. The number of nitrogens with zero attached hydrogens (tertiary/aromatic N) is 3. The molecule has 2 aromatic carbocycles. The number of aryl methyl sites for hydroxylation is 1. The van der Waals surface area contributed by atoms with Crippen LogP contribution in [0.15, 0.2) is 55.0 Å². The molecular formula is C23H20FN3O3. The Morgan fingerprint density at radius 3 is 2.57 bits per heavy atom. The predicted molar refractivity (Wildman–Crippen MR) is 111 cm³/mol. The molecule has 6 nitrogen and oxygen atoms in total. The second kappa shape index (κ2) is 7.68. The third-order valence-electron chi connectivity index (χ3n) is 4.99. The van der Waals surface area contributed by atoms with E-state index in [4.69, 9.17) is 4.74 Å². The lowest BCUT2D eigenvalue weighted by Gasteiger charge is -2.07. The van der Waals surface area contributed by atoms with E-state index in [-0.39, 0.29) is 5.82 Å². The Hall–Kier alpha value is -3.58. The van der Waals surface area contributed by atoms with E-state index in [1.54, 1.807) is 60.4 Å². The van der Waals surface area contributed by atoms with Crippen molar-refractivity contribution in [3.63, 3.8) is 0 Å². The molecule has 0 radical (unpaired) electrons. The van der Waals surface area contributed by atoms with E-state index in [0.29, 0.717) is 33.7 Å². The molecule has 0 bridgehead atoms. The van der Waals surface area contributed by atoms with Crippen LogP contribution >= 0.6 is 0 Å². The average Bonchev–Trinajstić information content (AvgIpc) is 3.14. The molecule has 0 aliphatic rings. The highest BCUT2D eigenvalue weighted by atomic mass is 19.1. The number of methoxy groups -OCH3 is 1. The molecule has 0 fully saturated rings. The van der Waals surface area contributed by atoms with E-state index < -0.39 is 12.1 Å². The Balaban J connectivity index is 1.84. The summed E-state index contributed by atoms with van der Waals surface area (Å²) >= 11 is 0. The van der Waals surface area contributed by atoms with Gasteiger partial charge in [0.15, 0.2) is 0 Å². The predicted octanol–water partition coefficient (Wildman–Crippen LogP) is 4.37. The van der Waals surface area contributed by atoms with Gasteiger partial charge in [0.1, 0.15) is 5.82 Å². The van der Waals surface area contributed by atoms with E-state index in [9.17, 15) is 14.3 Å². The summed E-state index contributed by atoms with van der Waals surface area (Å²) in [6, 6.07) is 9.95. The Morgan fingerprint density at radius 2 is 1.90 bits per heavy atom. The summed E-state index contributed by atoms with van der Waals surface area (Å²) in [5.74, 6) is -0.470. The minimum absolute atomic E-state index is 0.339. The number of esters is 1. The largest absolute Gasteiger partial charge is 0.465 e. The highest BCUT2D eigenvalue weighted by molar-refractivity contribution is 5.96. The van der Waals surface area contributed by atoms with Gasteiger partial charge in [0.05, 0.1) is 24.3 Å². The zero-order valence-electron chi connectivity index (χ0n) is 16.8. The number of carbonyl (C=O) groups is 1. The molecular weight excluding hydrogens is 385 g/mol. The molecule has 0 aliphatic heterocycles. The summed E-state index contributed by atoms with van der Waals surface area (Å²) in [6.07, 6.45) is 4.12. The van der Waals surface area contributed by atoms with Crippen LogP contribution < -0.4 is 0 Å². The standard InChI is InChI=1S/C23H20FN3O3/c1-13-4-7-20(24)18(8-13)16-10-25-23(26-11-16)27-12-19(14(2)28)17-6-5-15(9-21(17)27)22(29)30-3/h4-12,14,28H,1-3H3. The van der Waals surface area contributed by atoms with Gasteiger partial charge >= 0.3 is 5.97 Å². The zero-order chi connectivity index (χ0) is 21.4. The molecule has 2 heterocycles. The number of aliphatic hydroxyl groups excluding tert-OH is 1. The van der Waals surface area contributed by atoms with Crippen LogP contribution in [0.25, 0.3) is 28.0 Å². The molecule has 4 rings (SSSR count). The SMILES string of the molecule is COC(=O)c1ccc2c(C(C)O)cn(-c3ncc(-c4cc(C)ccc4F)cn3)c2c1. The van der Waals surface area contributed by atoms with Crippen LogP contribution in [0, 0.1) is 12.7 Å². The summed E-state index contributed by atoms with van der Waals surface area (Å²) in [7, 11) is 1.32. The van der Waals surface area contributed by atoms with Crippen molar-refractivity contribution in [3.05, 3.63) is 77.5 Å². The number of aromatic nitrogens is 3. The van der Waals surface area contributed by atoms with Gasteiger partial charge in [-0.25, -0.2) is 19.2 Å². The van der Waals surface area contributed by atoms with Crippen molar-refractivity contribution in [2.24, 2.45) is 0 Å². The van der Waals surface area contributed by atoms with Crippen LogP contribution in [0.5, 0.6) is 0 Å². The number of ether oxygens (including phenoxy) is 1. The first kappa shape index (κ1) is 19.7. The third kappa shape index (κ3) is 3.44. The normalized spacial score (nSPS) is 12.2. The molecule has 0 spiro atoms. The van der Waals surface area contributed by atoms with Gasteiger partial charge in [0.25, 0.3) is 0 Å². The van der Waals surface area contributed by atoms with Gasteiger partial charge in [-0.15, -0.1) is 0 Å². The molecule has 30 heavy (non-hydrogen) atoms. The van der Waals surface area contributed by atoms with Crippen LogP contribution in [0.2, 0.25) is 0 Å². The molecule has 2 aromatic heterocycles. The average molecular weight is 405 g/mol. The maximum Gasteiger partial charge on any atom is 0.337 e. The Morgan fingerprint density at radius 1 is 1.17 bits per heavy atom. The van der Waals surface area contributed by atoms with Crippen LogP contribution in [-0.2, 0) is 4.74 Å². The van der Waals surface area contributed by atoms with Gasteiger partial charge in [0, 0.05) is 40.7 Å². The molecule has 1 unspecified atom stereocenters. The number of fused-ring (bicyclic) bond motifs is 1. The fourth-order valence-corrected chi connectivity index (χ4v) is 3.44. The second-order valence-electron chi connectivity index (χ2n) is 7.11. The lowest BCUT2D eigenvalue weighted by atomic mass is 10.1. The molecule has 4 aromatic rings. The molecule has 0 amide bonds. The van der Waals surface area contributed by atoms with Gasteiger partial charge in [0.2, 0.25) is 5.95 Å². The molecule has 0 saturated heterocycles. The van der Waals surface area contributed by atoms with E-state index >= 15 is 0 Å². The van der Waals surface area contributed by atoms with Crippen molar-refractivity contribution in [2.45, 2.75) is 20.0 Å². The molecule has 152 valence electrons. The molecule has 1 atom stereocenters. The fourth-order valence-electron chi connectivity index (χ4n) is 3.44. The number of carbonyl (C=O) groups excluding carboxylic acids is 1. The monoisotopic (exact) mass is 405 g/mol. The first-order chi connectivity index (χ1) is 14.4. The van der Waals surface area contributed by atoms with Crippen molar-refractivity contribution in [2.75, 3.05) is 7.11 Å². The summed E-state index contributed by atoms with van der Waals surface area (Å²) in [5.41, 5.74) is 3.63.